The molecule has 8 fully saturated rings. The number of hydrogen-bond donors (Lipinski definition) is 3. The van der Waals surface area contributed by atoms with Gasteiger partial charge < -0.3 is 20.1 Å². The summed E-state index contributed by atoms with van der Waals surface area (Å²) in [6, 6.07) is 0. The minimum atomic E-state index is -1.94. The zero-order valence-electron chi connectivity index (χ0n) is 38.5. The van der Waals surface area contributed by atoms with E-state index in [0.29, 0.717) is 55.5 Å². The summed E-state index contributed by atoms with van der Waals surface area (Å²) >= 11 is 3.32. The van der Waals surface area contributed by atoms with Crippen molar-refractivity contribution in [2.75, 3.05) is 11.9 Å². The Hall–Kier alpha value is -2.78. The molecule has 0 aromatic carbocycles. The van der Waals surface area contributed by atoms with E-state index in [1.54, 1.807) is 13.8 Å². The molecule has 360 valence electrons. The van der Waals surface area contributed by atoms with Crippen LogP contribution in [0.25, 0.3) is 0 Å². The van der Waals surface area contributed by atoms with Crippen LogP contribution < -0.4 is 4.74 Å². The molecule has 0 aliphatic heterocycles. The first-order valence-corrected chi connectivity index (χ1v) is 25.3. The van der Waals surface area contributed by atoms with E-state index in [4.69, 9.17) is 9.84 Å². The van der Waals surface area contributed by atoms with Crippen molar-refractivity contribution >= 4 is 27.5 Å². The maximum absolute atomic E-state index is 16.4. The molecule has 15 heteroatoms. The topological polar surface area (TPSA) is 156 Å². The molecular weight excluding hydrogens is 908 g/mol. The van der Waals surface area contributed by atoms with Crippen molar-refractivity contribution in [2.24, 2.45) is 58.2 Å². The predicted molar refractivity (Wildman–Crippen MR) is 239 cm³/mol. The molecule has 0 spiro atoms. The van der Waals surface area contributed by atoms with E-state index < -0.39 is 33.9 Å². The highest BCUT2D eigenvalue weighted by Gasteiger charge is 2.71. The first-order valence-electron chi connectivity index (χ1n) is 24.2. The summed E-state index contributed by atoms with van der Waals surface area (Å²) in [5.74, 6) is 1.14. The molecule has 10 rings (SSSR count). The van der Waals surface area contributed by atoms with Crippen molar-refractivity contribution in [3.05, 3.63) is 37.4 Å². The second kappa shape index (κ2) is 17.6. The second-order valence-electron chi connectivity index (χ2n) is 22.7. The molecule has 0 amide bonds. The van der Waals surface area contributed by atoms with Gasteiger partial charge in [0, 0.05) is 24.7 Å². The van der Waals surface area contributed by atoms with E-state index in [1.165, 1.54) is 37.4 Å². The van der Waals surface area contributed by atoms with Gasteiger partial charge in [-0.15, -0.1) is 0 Å². The lowest BCUT2D eigenvalue weighted by atomic mass is 9.47. The van der Waals surface area contributed by atoms with E-state index in [2.05, 4.69) is 49.7 Å². The molecule has 8 saturated carbocycles. The van der Waals surface area contributed by atoms with Crippen LogP contribution in [0.2, 0.25) is 0 Å². The van der Waals surface area contributed by atoms with Crippen LogP contribution in [-0.4, -0.2) is 92.6 Å². The van der Waals surface area contributed by atoms with Crippen molar-refractivity contribution in [3.8, 4) is 11.5 Å². The third-order valence-corrected chi connectivity index (χ3v) is 19.6. The van der Waals surface area contributed by atoms with Crippen molar-refractivity contribution in [3.63, 3.8) is 0 Å². The van der Waals surface area contributed by atoms with Crippen LogP contribution in [0.1, 0.15) is 143 Å². The zero-order chi connectivity index (χ0) is 46.8. The van der Waals surface area contributed by atoms with Gasteiger partial charge >= 0.3 is 0 Å². The fourth-order valence-corrected chi connectivity index (χ4v) is 16.4. The van der Waals surface area contributed by atoms with E-state index in [9.17, 15) is 19.8 Å². The molecule has 0 saturated heterocycles. The maximum Gasteiger partial charge on any atom is 0.173 e. The maximum atomic E-state index is 16.4. The van der Waals surface area contributed by atoms with Gasteiger partial charge in [-0.25, -0.2) is 37.5 Å². The zero-order valence-corrected chi connectivity index (χ0v) is 40.1. The number of hydrogen-bond acceptors (Lipinski definition) is 10. The van der Waals surface area contributed by atoms with Crippen LogP contribution in [0, 0.1) is 58.2 Å². The predicted octanol–water partition coefficient (Wildman–Crippen LogP) is 9.97. The lowest BCUT2D eigenvalue weighted by molar-refractivity contribution is -0.217. The molecule has 3 N–H and O–H groups in total. The number of fused-ring (bicyclic) bond motifs is 10. The number of aromatic hydroxyl groups is 1. The van der Waals surface area contributed by atoms with Crippen LogP contribution in [0.3, 0.4) is 0 Å². The quantitative estimate of drug-likeness (QED) is 0.188. The summed E-state index contributed by atoms with van der Waals surface area (Å²) in [4.78, 5) is 40.4. The number of rotatable bonds is 6. The standard InChI is InChI=1S/C25H34F2N2O3.C21H31BrF2O2.C4H4N2O/c1-22(31)9-10-25(27)19-6-7-23(2)18(17(19)5-8-24(25,26)14-22)3-4-20(23)21(30)13-32-16-11-28-15-29-12-16;1-18(26)9-10-21(24)15-6-7-19(2)14(3-4-16(19)17(25)11-22)13(15)5-8-20(21,23)12-18;7-4-1-5-3-6-2-4/h11-12,15,17-20,31H,3-10,13-14H2,1-2H3;13-16,26H,3-12H2,1-2H3;1-3,7H/t17-,18-,19-,20+,22+,23-,24-,25-;13-,14-,15-,16+,18+,19-,20-,21-;/m00./s1. The van der Waals surface area contributed by atoms with Gasteiger partial charge in [-0.1, -0.05) is 29.8 Å². The average molecular weight is 978 g/mol. The van der Waals surface area contributed by atoms with Gasteiger partial charge in [0.25, 0.3) is 0 Å². The van der Waals surface area contributed by atoms with E-state index in [1.807, 2.05) is 0 Å². The van der Waals surface area contributed by atoms with E-state index in [0.717, 1.165) is 38.5 Å². The Morgan fingerprint density at radius 3 is 1.45 bits per heavy atom. The third-order valence-electron chi connectivity index (χ3n) is 19.0. The van der Waals surface area contributed by atoms with Crippen LogP contribution in [0.5, 0.6) is 11.5 Å². The summed E-state index contributed by atoms with van der Waals surface area (Å²) < 4.78 is 70.0. The molecule has 10 nitrogen and oxygen atoms in total. The number of aromatic nitrogens is 4. The van der Waals surface area contributed by atoms with Crippen molar-refractivity contribution in [2.45, 2.75) is 177 Å². The molecule has 0 bridgehead atoms. The van der Waals surface area contributed by atoms with Crippen LogP contribution >= 0.6 is 15.9 Å². The van der Waals surface area contributed by atoms with Gasteiger partial charge in [0.2, 0.25) is 0 Å². The largest absolute Gasteiger partial charge is 0.505 e. The van der Waals surface area contributed by atoms with Gasteiger partial charge in [-0.3, -0.25) is 9.59 Å². The third kappa shape index (κ3) is 8.58. The number of aliphatic hydroxyl groups is 2. The van der Waals surface area contributed by atoms with Crippen molar-refractivity contribution in [1.29, 1.82) is 0 Å². The van der Waals surface area contributed by atoms with Crippen LogP contribution in [0.15, 0.2) is 37.4 Å². The monoisotopic (exact) mass is 976 g/mol. The number of ketones is 2. The highest BCUT2D eigenvalue weighted by Crippen LogP contribution is 2.70. The summed E-state index contributed by atoms with van der Waals surface area (Å²) in [5.41, 5.74) is -9.98. The van der Waals surface area contributed by atoms with E-state index in [-0.39, 0.29) is 115 Å². The molecule has 16 atom stereocenters. The number of ether oxygens (including phenoxy) is 1. The highest BCUT2D eigenvalue weighted by molar-refractivity contribution is 9.09. The minimum absolute atomic E-state index is 0.00975. The second-order valence-corrected chi connectivity index (χ2v) is 23.3. The summed E-state index contributed by atoms with van der Waals surface area (Å²) in [7, 11) is 0. The smallest absolute Gasteiger partial charge is 0.173 e. The Bertz CT molecular complexity index is 2040. The molecule has 2 aromatic rings. The Morgan fingerprint density at radius 1 is 0.600 bits per heavy atom. The summed E-state index contributed by atoms with van der Waals surface area (Å²) in [5, 5.41) is 29.7. The normalized spacial score (nSPS) is 47.0. The molecule has 0 radical (unpaired) electrons. The van der Waals surface area contributed by atoms with Gasteiger partial charge in [-0.05, 0) is 163 Å². The van der Waals surface area contributed by atoms with Crippen molar-refractivity contribution in [1.82, 2.24) is 19.9 Å². The minimum Gasteiger partial charge on any atom is -0.505 e. The molecule has 2 heterocycles. The Balaban J connectivity index is 0.000000156. The number of alkyl halides is 5. The number of carbonyl (C=O) groups is 2. The molecule has 2 aromatic heterocycles. The van der Waals surface area contributed by atoms with Crippen molar-refractivity contribution < 1.29 is 47.2 Å². The first-order chi connectivity index (χ1) is 30.5. The molecule has 65 heavy (non-hydrogen) atoms. The number of carbonyl (C=O) groups excluding carboxylic acids is 2. The molecule has 0 unspecified atom stereocenters. The Labute approximate surface area is 389 Å². The first kappa shape index (κ1) is 48.7. The lowest BCUT2D eigenvalue weighted by Gasteiger charge is -2.61. The van der Waals surface area contributed by atoms with Gasteiger partial charge in [0.15, 0.2) is 17.3 Å². The summed E-state index contributed by atoms with van der Waals surface area (Å²) in [6.45, 7) is 7.67. The lowest BCUT2D eigenvalue weighted by Crippen LogP contribution is -2.66. The average Bonchev–Trinajstić information content (AvgIpc) is 3.81. The van der Waals surface area contributed by atoms with Crippen LogP contribution in [0.4, 0.5) is 17.6 Å². The number of nitrogens with zero attached hydrogens (tertiary/aromatic N) is 4. The van der Waals surface area contributed by atoms with Gasteiger partial charge in [0.1, 0.15) is 47.7 Å². The fourth-order valence-electron chi connectivity index (χ4n) is 16.0. The Kier molecular flexibility index (Phi) is 13.2. The van der Waals surface area contributed by atoms with E-state index >= 15 is 17.6 Å². The highest BCUT2D eigenvalue weighted by atomic mass is 79.9. The Morgan fingerprint density at radius 2 is 1.03 bits per heavy atom. The number of halogens is 5. The van der Waals surface area contributed by atoms with Crippen LogP contribution in [-0.2, 0) is 9.59 Å². The number of Topliss-reactive ketones (excluding diaryl/α,β-unsaturated/α-hetero) is 2. The molecular formula is C50H69BrF4N4O6. The van der Waals surface area contributed by atoms with Gasteiger partial charge in [0.05, 0.1) is 41.3 Å². The fraction of sp³-hybridized carbons (Fsp3) is 0.800. The molecule has 8 aliphatic carbocycles. The SMILES string of the molecule is C[C@@]1(O)CC[C@]2(F)[C@H]3CC[C@]4(C)[C@@H](C(=O)CBr)CC[C@H]4[C@@H]3CC[C@]2(F)C1.C[C@@]1(O)CC[C@]2(F)[C@H]3CC[C@]4(C)[C@@H](C(=O)COc5cncnc5)CC[C@H]4[C@@H]3CC[C@]2(F)C1.Oc1cncnc1. The molecule has 8 aliphatic rings. The van der Waals surface area contributed by atoms with Gasteiger partial charge in [-0.2, -0.15) is 0 Å². The summed E-state index contributed by atoms with van der Waals surface area (Å²) in [6.07, 6.45) is 17.3.